The molecule has 0 N–H and O–H groups in total. The second kappa shape index (κ2) is 6.94. The molecule has 0 spiro atoms. The van der Waals surface area contributed by atoms with E-state index in [2.05, 4.69) is 22.3 Å². The van der Waals surface area contributed by atoms with E-state index < -0.39 is 0 Å². The van der Waals surface area contributed by atoms with Crippen LogP contribution in [0.15, 0.2) is 28.8 Å². The van der Waals surface area contributed by atoms with Crippen LogP contribution in [0.2, 0.25) is 0 Å². The van der Waals surface area contributed by atoms with Crippen LogP contribution in [0.25, 0.3) is 0 Å². The molecule has 1 aromatic heterocycles. The number of hydrogen-bond acceptors (Lipinski definition) is 4. The second-order valence-corrected chi connectivity index (χ2v) is 6.35. The molecule has 1 aliphatic rings. The molecule has 1 aliphatic carbocycles. The van der Waals surface area contributed by atoms with Gasteiger partial charge in [0.05, 0.1) is 6.54 Å². The zero-order valence-electron chi connectivity index (χ0n) is 13.8. The molecule has 0 unspecified atom stereocenters. The molecule has 5 heteroatoms. The molecule has 0 atom stereocenters. The molecule has 122 valence electrons. The van der Waals surface area contributed by atoms with Gasteiger partial charge in [-0.15, -0.1) is 0 Å². The Labute approximate surface area is 136 Å². The van der Waals surface area contributed by atoms with Crippen molar-refractivity contribution in [2.75, 3.05) is 7.05 Å². The molecule has 1 saturated carbocycles. The minimum atomic E-state index is -0.0253. The minimum absolute atomic E-state index is 0.0253. The first-order chi connectivity index (χ1) is 11.1. The number of carbonyl (C=O) groups excluding carboxylic acids is 1. The first kappa shape index (κ1) is 15.7. The summed E-state index contributed by atoms with van der Waals surface area (Å²) in [4.78, 5) is 18.2. The molecule has 0 radical (unpaired) electrons. The van der Waals surface area contributed by atoms with Crippen LogP contribution in [-0.4, -0.2) is 28.0 Å². The van der Waals surface area contributed by atoms with Gasteiger partial charge in [0.1, 0.15) is 0 Å². The van der Waals surface area contributed by atoms with Crippen molar-refractivity contribution in [2.45, 2.75) is 51.5 Å². The summed E-state index contributed by atoms with van der Waals surface area (Å²) in [5.41, 5.74) is 2.06. The van der Waals surface area contributed by atoms with E-state index in [1.54, 1.807) is 18.9 Å². The number of aromatic nitrogens is 2. The summed E-state index contributed by atoms with van der Waals surface area (Å²) >= 11 is 0. The maximum Gasteiger partial charge on any atom is 0.254 e. The lowest BCUT2D eigenvalue weighted by Crippen LogP contribution is -2.26. The van der Waals surface area contributed by atoms with E-state index in [0.29, 0.717) is 29.7 Å². The number of nitrogens with zero attached hydrogens (tertiary/aromatic N) is 3. The van der Waals surface area contributed by atoms with Gasteiger partial charge in [0, 0.05) is 19.5 Å². The van der Waals surface area contributed by atoms with Gasteiger partial charge in [0.15, 0.2) is 5.82 Å². The topological polar surface area (TPSA) is 59.2 Å². The van der Waals surface area contributed by atoms with Gasteiger partial charge < -0.3 is 9.42 Å². The number of amides is 1. The lowest BCUT2D eigenvalue weighted by atomic mass is 9.84. The molecule has 3 rings (SSSR count). The zero-order chi connectivity index (χ0) is 16.2. The van der Waals surface area contributed by atoms with Gasteiger partial charge in [0.25, 0.3) is 5.91 Å². The van der Waals surface area contributed by atoms with Crippen molar-refractivity contribution in [1.29, 1.82) is 0 Å². The standard InChI is InChI=1S/C18H23N3O2/c1-13-19-17(20-23-13)12-21(2)18(22)16-10-8-15(9-11-16)14-6-4-3-5-7-14/h8-11,14H,3-7,12H2,1-2H3. The molecule has 0 aliphatic heterocycles. The third-order valence-electron chi connectivity index (χ3n) is 4.53. The Morgan fingerprint density at radius 1 is 1.22 bits per heavy atom. The molecular weight excluding hydrogens is 290 g/mol. The molecule has 1 heterocycles. The number of carbonyl (C=O) groups is 1. The van der Waals surface area contributed by atoms with Crippen molar-refractivity contribution in [3.63, 3.8) is 0 Å². The van der Waals surface area contributed by atoms with Crippen LogP contribution in [0, 0.1) is 6.92 Å². The van der Waals surface area contributed by atoms with Crippen LogP contribution in [0.5, 0.6) is 0 Å². The van der Waals surface area contributed by atoms with Gasteiger partial charge in [-0.3, -0.25) is 4.79 Å². The molecule has 1 fully saturated rings. The van der Waals surface area contributed by atoms with Crippen LogP contribution < -0.4 is 0 Å². The van der Waals surface area contributed by atoms with Crippen molar-refractivity contribution >= 4 is 5.91 Å². The predicted octanol–water partition coefficient (Wildman–Crippen LogP) is 3.70. The number of rotatable bonds is 4. The fourth-order valence-electron chi connectivity index (χ4n) is 3.24. The number of benzene rings is 1. The van der Waals surface area contributed by atoms with Gasteiger partial charge in [-0.05, 0) is 36.5 Å². The van der Waals surface area contributed by atoms with Gasteiger partial charge in [-0.2, -0.15) is 4.98 Å². The highest BCUT2D eigenvalue weighted by Gasteiger charge is 2.18. The largest absolute Gasteiger partial charge is 0.340 e. The molecule has 1 amide bonds. The van der Waals surface area contributed by atoms with Crippen molar-refractivity contribution < 1.29 is 9.32 Å². The fraction of sp³-hybridized carbons (Fsp3) is 0.500. The highest BCUT2D eigenvalue weighted by atomic mass is 16.5. The van der Waals surface area contributed by atoms with E-state index in [1.165, 1.54) is 37.7 Å². The van der Waals surface area contributed by atoms with Crippen molar-refractivity contribution in [3.8, 4) is 0 Å². The minimum Gasteiger partial charge on any atom is -0.340 e. The summed E-state index contributed by atoms with van der Waals surface area (Å²) in [5, 5.41) is 3.83. The lowest BCUT2D eigenvalue weighted by molar-refractivity contribution is 0.0780. The Morgan fingerprint density at radius 3 is 2.52 bits per heavy atom. The second-order valence-electron chi connectivity index (χ2n) is 6.35. The molecule has 23 heavy (non-hydrogen) atoms. The average Bonchev–Trinajstić information content (AvgIpc) is 3.00. The molecule has 0 bridgehead atoms. The summed E-state index contributed by atoms with van der Waals surface area (Å²) in [5.74, 6) is 1.67. The zero-order valence-corrected chi connectivity index (χ0v) is 13.8. The van der Waals surface area contributed by atoms with E-state index in [4.69, 9.17) is 4.52 Å². The highest BCUT2D eigenvalue weighted by molar-refractivity contribution is 5.94. The van der Waals surface area contributed by atoms with Gasteiger partial charge in [-0.1, -0.05) is 36.6 Å². The van der Waals surface area contributed by atoms with Crippen molar-refractivity contribution in [3.05, 3.63) is 47.1 Å². The maximum absolute atomic E-state index is 12.5. The summed E-state index contributed by atoms with van der Waals surface area (Å²) in [6.45, 7) is 2.09. The fourth-order valence-corrected chi connectivity index (χ4v) is 3.24. The van der Waals surface area contributed by atoms with Crippen LogP contribution in [0.4, 0.5) is 0 Å². The van der Waals surface area contributed by atoms with Crippen LogP contribution >= 0.6 is 0 Å². The van der Waals surface area contributed by atoms with E-state index in [1.807, 2.05) is 12.1 Å². The molecule has 5 nitrogen and oxygen atoms in total. The Hall–Kier alpha value is -2.17. The first-order valence-corrected chi connectivity index (χ1v) is 8.28. The van der Waals surface area contributed by atoms with Gasteiger partial charge >= 0.3 is 0 Å². The Balaban J connectivity index is 1.64. The van der Waals surface area contributed by atoms with E-state index in [-0.39, 0.29) is 5.91 Å². The molecular formula is C18H23N3O2. The number of aryl methyl sites for hydroxylation is 1. The smallest absolute Gasteiger partial charge is 0.254 e. The Morgan fingerprint density at radius 2 is 1.91 bits per heavy atom. The van der Waals surface area contributed by atoms with Crippen molar-refractivity contribution in [1.82, 2.24) is 15.0 Å². The van der Waals surface area contributed by atoms with Gasteiger partial charge in [-0.25, -0.2) is 0 Å². The van der Waals surface area contributed by atoms with E-state index in [9.17, 15) is 4.79 Å². The van der Waals surface area contributed by atoms with Crippen LogP contribution in [-0.2, 0) is 6.54 Å². The lowest BCUT2D eigenvalue weighted by Gasteiger charge is -2.22. The van der Waals surface area contributed by atoms with Crippen LogP contribution in [0.1, 0.15) is 65.7 Å². The molecule has 0 saturated heterocycles. The summed E-state index contributed by atoms with van der Waals surface area (Å²) in [6.07, 6.45) is 6.53. The summed E-state index contributed by atoms with van der Waals surface area (Å²) < 4.78 is 4.93. The normalized spacial score (nSPS) is 15.6. The third kappa shape index (κ3) is 3.78. The maximum atomic E-state index is 12.5. The Bertz CT molecular complexity index is 657. The molecule has 2 aromatic rings. The monoisotopic (exact) mass is 313 g/mol. The van der Waals surface area contributed by atoms with Crippen molar-refractivity contribution in [2.24, 2.45) is 0 Å². The number of hydrogen-bond donors (Lipinski definition) is 0. The quantitative estimate of drug-likeness (QED) is 0.863. The van der Waals surface area contributed by atoms with Crippen LogP contribution in [0.3, 0.4) is 0 Å². The third-order valence-corrected chi connectivity index (χ3v) is 4.53. The average molecular weight is 313 g/mol. The first-order valence-electron chi connectivity index (χ1n) is 8.28. The predicted molar refractivity (Wildman–Crippen MR) is 87.1 cm³/mol. The summed E-state index contributed by atoms with van der Waals surface area (Å²) in [6, 6.07) is 8.08. The van der Waals surface area contributed by atoms with E-state index in [0.717, 1.165) is 0 Å². The Kier molecular flexibility index (Phi) is 4.74. The summed E-state index contributed by atoms with van der Waals surface area (Å²) in [7, 11) is 1.75. The highest BCUT2D eigenvalue weighted by Crippen LogP contribution is 2.32. The molecule has 1 aromatic carbocycles. The van der Waals surface area contributed by atoms with E-state index >= 15 is 0 Å². The SMILES string of the molecule is Cc1nc(CN(C)C(=O)c2ccc(C3CCCCC3)cc2)no1. The van der Waals surface area contributed by atoms with Gasteiger partial charge in [0.2, 0.25) is 5.89 Å².